The molecule has 2 amide bonds. The normalized spacial score (nSPS) is 10.8. The fraction of sp³-hybridized carbons (Fsp3) is 0.562. The molecule has 0 fully saturated rings. The monoisotopic (exact) mass is 339 g/mol. The molecular formula is C16H25N3O5. The summed E-state index contributed by atoms with van der Waals surface area (Å²) in [6.07, 6.45) is 0.955. The Morgan fingerprint density at radius 1 is 1.12 bits per heavy atom. The van der Waals surface area contributed by atoms with Crippen LogP contribution >= 0.6 is 0 Å². The number of methoxy groups -OCH3 is 1. The fourth-order valence-electron chi connectivity index (χ4n) is 1.59. The third-order valence-electron chi connectivity index (χ3n) is 2.60. The molecule has 24 heavy (non-hydrogen) atoms. The van der Waals surface area contributed by atoms with Crippen molar-refractivity contribution in [1.82, 2.24) is 15.6 Å². The molecule has 0 spiro atoms. The molecule has 0 saturated carbocycles. The van der Waals surface area contributed by atoms with E-state index in [0.29, 0.717) is 19.0 Å². The Hall–Kier alpha value is -2.35. The summed E-state index contributed by atoms with van der Waals surface area (Å²) in [7, 11) is 1.59. The number of nitrogens with zero attached hydrogens (tertiary/aromatic N) is 1. The predicted octanol–water partition coefficient (Wildman–Crippen LogP) is 1.36. The zero-order valence-corrected chi connectivity index (χ0v) is 14.5. The molecule has 2 N–H and O–H groups in total. The maximum atomic E-state index is 11.9. The Labute approximate surface area is 141 Å². The highest BCUT2D eigenvalue weighted by atomic mass is 16.6. The SMILES string of the molecule is COCCOc1ccc(C(=O)NCCNC(=O)OC(C)(C)C)nc1. The van der Waals surface area contributed by atoms with Crippen LogP contribution in [0.15, 0.2) is 18.3 Å². The van der Waals surface area contributed by atoms with Gasteiger partial charge in [-0.05, 0) is 32.9 Å². The second-order valence-electron chi connectivity index (χ2n) is 5.90. The minimum atomic E-state index is -0.551. The summed E-state index contributed by atoms with van der Waals surface area (Å²) < 4.78 is 15.3. The van der Waals surface area contributed by atoms with Gasteiger partial charge in [0.25, 0.3) is 5.91 Å². The fourth-order valence-corrected chi connectivity index (χ4v) is 1.59. The quantitative estimate of drug-likeness (QED) is 0.694. The van der Waals surface area contributed by atoms with E-state index >= 15 is 0 Å². The first-order valence-corrected chi connectivity index (χ1v) is 7.64. The van der Waals surface area contributed by atoms with Crippen LogP contribution in [0.25, 0.3) is 0 Å². The minimum absolute atomic E-state index is 0.263. The smallest absolute Gasteiger partial charge is 0.407 e. The van der Waals surface area contributed by atoms with Crippen LogP contribution in [0.5, 0.6) is 5.75 Å². The van der Waals surface area contributed by atoms with Crippen molar-refractivity contribution in [3.8, 4) is 5.75 Å². The molecule has 0 radical (unpaired) electrons. The van der Waals surface area contributed by atoms with Crippen molar-refractivity contribution in [3.05, 3.63) is 24.0 Å². The van der Waals surface area contributed by atoms with E-state index in [0.717, 1.165) is 0 Å². The summed E-state index contributed by atoms with van der Waals surface area (Å²) in [5.41, 5.74) is -0.281. The van der Waals surface area contributed by atoms with Gasteiger partial charge in [-0.15, -0.1) is 0 Å². The number of rotatable bonds is 8. The summed E-state index contributed by atoms with van der Waals surface area (Å²) in [5, 5.41) is 5.21. The Kier molecular flexibility index (Phi) is 7.97. The van der Waals surface area contributed by atoms with Gasteiger partial charge in [0.2, 0.25) is 0 Å². The van der Waals surface area contributed by atoms with Gasteiger partial charge in [0.05, 0.1) is 12.8 Å². The summed E-state index contributed by atoms with van der Waals surface area (Å²) >= 11 is 0. The Bertz CT molecular complexity index is 526. The molecule has 0 aromatic carbocycles. The van der Waals surface area contributed by atoms with Gasteiger partial charge in [-0.3, -0.25) is 4.79 Å². The maximum Gasteiger partial charge on any atom is 0.407 e. The van der Waals surface area contributed by atoms with Crippen molar-refractivity contribution < 1.29 is 23.8 Å². The lowest BCUT2D eigenvalue weighted by atomic mass is 10.2. The van der Waals surface area contributed by atoms with Gasteiger partial charge in [-0.1, -0.05) is 0 Å². The van der Waals surface area contributed by atoms with Crippen LogP contribution in [-0.4, -0.2) is 56.0 Å². The average Bonchev–Trinajstić information content (AvgIpc) is 2.50. The first kappa shape index (κ1) is 19.7. The zero-order chi connectivity index (χ0) is 18.0. The van der Waals surface area contributed by atoms with Gasteiger partial charge in [0.1, 0.15) is 23.7 Å². The zero-order valence-electron chi connectivity index (χ0n) is 14.5. The highest BCUT2D eigenvalue weighted by molar-refractivity contribution is 5.92. The second-order valence-corrected chi connectivity index (χ2v) is 5.90. The van der Waals surface area contributed by atoms with Gasteiger partial charge < -0.3 is 24.8 Å². The van der Waals surface area contributed by atoms with Gasteiger partial charge >= 0.3 is 6.09 Å². The summed E-state index contributed by atoms with van der Waals surface area (Å²) in [6, 6.07) is 3.23. The van der Waals surface area contributed by atoms with Crippen molar-refractivity contribution in [2.75, 3.05) is 33.4 Å². The number of ether oxygens (including phenoxy) is 3. The van der Waals surface area contributed by atoms with Crippen LogP contribution in [0, 0.1) is 0 Å². The number of pyridine rings is 1. The standard InChI is InChI=1S/C16H25N3O5/c1-16(2,3)24-15(21)18-8-7-17-14(20)13-6-5-12(11-19-13)23-10-9-22-4/h5-6,11H,7-10H2,1-4H3,(H,17,20)(H,18,21). The van der Waals surface area contributed by atoms with Crippen molar-refractivity contribution in [3.63, 3.8) is 0 Å². The lowest BCUT2D eigenvalue weighted by molar-refractivity contribution is 0.0526. The van der Waals surface area contributed by atoms with Gasteiger partial charge in [0, 0.05) is 20.2 Å². The molecule has 134 valence electrons. The highest BCUT2D eigenvalue weighted by Crippen LogP contribution is 2.09. The molecule has 1 heterocycles. The third kappa shape index (κ3) is 8.33. The molecule has 0 saturated heterocycles. The third-order valence-corrected chi connectivity index (χ3v) is 2.60. The Morgan fingerprint density at radius 3 is 2.42 bits per heavy atom. The number of carbonyl (C=O) groups excluding carboxylic acids is 2. The Balaban J connectivity index is 2.29. The number of hydrogen-bond acceptors (Lipinski definition) is 6. The molecule has 1 rings (SSSR count). The molecule has 0 atom stereocenters. The molecular weight excluding hydrogens is 314 g/mol. The highest BCUT2D eigenvalue weighted by Gasteiger charge is 2.15. The van der Waals surface area contributed by atoms with Crippen molar-refractivity contribution in [2.24, 2.45) is 0 Å². The molecule has 1 aromatic rings. The number of amides is 2. The molecule has 0 unspecified atom stereocenters. The van der Waals surface area contributed by atoms with Crippen LogP contribution in [0.2, 0.25) is 0 Å². The summed E-state index contributed by atoms with van der Waals surface area (Å²) in [5.74, 6) is 0.236. The van der Waals surface area contributed by atoms with E-state index in [-0.39, 0.29) is 24.7 Å². The molecule has 0 aliphatic carbocycles. The van der Waals surface area contributed by atoms with E-state index in [4.69, 9.17) is 14.2 Å². The lowest BCUT2D eigenvalue weighted by Crippen LogP contribution is -2.38. The van der Waals surface area contributed by atoms with Gasteiger partial charge in [0.15, 0.2) is 0 Å². The lowest BCUT2D eigenvalue weighted by Gasteiger charge is -2.19. The van der Waals surface area contributed by atoms with E-state index < -0.39 is 11.7 Å². The van der Waals surface area contributed by atoms with Crippen molar-refractivity contribution in [1.29, 1.82) is 0 Å². The first-order chi connectivity index (χ1) is 11.3. The van der Waals surface area contributed by atoms with Crippen LogP contribution < -0.4 is 15.4 Å². The largest absolute Gasteiger partial charge is 0.490 e. The van der Waals surface area contributed by atoms with E-state index in [1.807, 2.05) is 0 Å². The van der Waals surface area contributed by atoms with Crippen LogP contribution in [0.4, 0.5) is 4.79 Å². The molecule has 1 aromatic heterocycles. The van der Waals surface area contributed by atoms with E-state index in [9.17, 15) is 9.59 Å². The molecule has 0 bridgehead atoms. The maximum absolute atomic E-state index is 11.9. The topological polar surface area (TPSA) is 98.8 Å². The molecule has 0 aliphatic rings. The van der Waals surface area contributed by atoms with Gasteiger partial charge in [-0.2, -0.15) is 0 Å². The predicted molar refractivity (Wildman–Crippen MR) is 88.2 cm³/mol. The van der Waals surface area contributed by atoms with E-state index in [1.54, 1.807) is 40.0 Å². The van der Waals surface area contributed by atoms with Crippen LogP contribution in [0.1, 0.15) is 31.3 Å². The molecule has 8 nitrogen and oxygen atoms in total. The number of carbonyl (C=O) groups is 2. The molecule has 8 heteroatoms. The first-order valence-electron chi connectivity index (χ1n) is 7.64. The minimum Gasteiger partial charge on any atom is -0.490 e. The average molecular weight is 339 g/mol. The Morgan fingerprint density at radius 2 is 1.83 bits per heavy atom. The number of aromatic nitrogens is 1. The number of hydrogen-bond donors (Lipinski definition) is 2. The van der Waals surface area contributed by atoms with E-state index in [1.165, 1.54) is 6.20 Å². The molecule has 0 aliphatic heterocycles. The van der Waals surface area contributed by atoms with E-state index in [2.05, 4.69) is 15.6 Å². The summed E-state index contributed by atoms with van der Waals surface area (Å²) in [4.78, 5) is 27.4. The second kappa shape index (κ2) is 9.71. The van der Waals surface area contributed by atoms with Gasteiger partial charge in [-0.25, -0.2) is 9.78 Å². The van der Waals surface area contributed by atoms with Crippen molar-refractivity contribution >= 4 is 12.0 Å². The number of nitrogens with one attached hydrogen (secondary N) is 2. The van der Waals surface area contributed by atoms with Crippen LogP contribution in [-0.2, 0) is 9.47 Å². The number of alkyl carbamates (subject to hydrolysis) is 1. The van der Waals surface area contributed by atoms with Crippen molar-refractivity contribution in [2.45, 2.75) is 26.4 Å². The summed E-state index contributed by atoms with van der Waals surface area (Å²) in [6.45, 7) is 6.77. The van der Waals surface area contributed by atoms with Crippen LogP contribution in [0.3, 0.4) is 0 Å².